The molecule has 2 rings (SSSR count). The third-order valence-electron chi connectivity index (χ3n) is 4.01. The number of piperidine rings is 1. The first-order chi connectivity index (χ1) is 9.88. The van der Waals surface area contributed by atoms with E-state index >= 15 is 0 Å². The van der Waals surface area contributed by atoms with E-state index in [1.54, 1.807) is 0 Å². The Morgan fingerprint density at radius 1 is 1.33 bits per heavy atom. The van der Waals surface area contributed by atoms with Gasteiger partial charge < -0.3 is 10.2 Å². The van der Waals surface area contributed by atoms with Gasteiger partial charge in [0.05, 0.1) is 5.56 Å². The summed E-state index contributed by atoms with van der Waals surface area (Å²) in [7, 11) is 2.12. The van der Waals surface area contributed by atoms with Crippen LogP contribution in [0, 0.1) is 0 Å². The van der Waals surface area contributed by atoms with Crippen molar-refractivity contribution >= 4 is 21.6 Å². The predicted octanol–water partition coefficient (Wildman–Crippen LogP) is 4.75. The maximum absolute atomic E-state index is 12.7. The fourth-order valence-electron chi connectivity index (χ4n) is 2.72. The van der Waals surface area contributed by atoms with Crippen LogP contribution >= 0.6 is 15.9 Å². The van der Waals surface area contributed by atoms with Gasteiger partial charge in [-0.1, -0.05) is 6.42 Å². The quantitative estimate of drug-likeness (QED) is 0.828. The van der Waals surface area contributed by atoms with E-state index in [0.29, 0.717) is 22.7 Å². The average Bonchev–Trinajstić information content (AvgIpc) is 2.41. The first kappa shape index (κ1) is 16.6. The number of rotatable bonds is 4. The summed E-state index contributed by atoms with van der Waals surface area (Å²) in [5, 5.41) is 3.12. The number of halogens is 4. The van der Waals surface area contributed by atoms with E-state index in [4.69, 9.17) is 0 Å². The van der Waals surface area contributed by atoms with Crippen LogP contribution in [0.15, 0.2) is 22.7 Å². The Bertz CT molecular complexity index is 476. The number of likely N-dealkylation sites (tertiary alicyclic amines) is 1. The molecule has 1 fully saturated rings. The molecule has 1 aromatic rings. The van der Waals surface area contributed by atoms with Gasteiger partial charge in [-0.05, 0) is 67.0 Å². The summed E-state index contributed by atoms with van der Waals surface area (Å²) in [6, 6.07) is 4.22. The molecule has 0 saturated carbocycles. The van der Waals surface area contributed by atoms with Crippen LogP contribution in [-0.2, 0) is 6.18 Å². The second-order valence-electron chi connectivity index (χ2n) is 5.54. The molecular weight excluding hydrogens is 345 g/mol. The molecule has 0 spiro atoms. The van der Waals surface area contributed by atoms with Gasteiger partial charge in [-0.25, -0.2) is 0 Å². The van der Waals surface area contributed by atoms with Gasteiger partial charge in [-0.15, -0.1) is 0 Å². The molecule has 0 radical (unpaired) electrons. The molecule has 1 heterocycles. The summed E-state index contributed by atoms with van der Waals surface area (Å²) in [4.78, 5) is 2.34. The lowest BCUT2D eigenvalue weighted by molar-refractivity contribution is -0.137. The fraction of sp³-hybridized carbons (Fsp3) is 0.600. The fourth-order valence-corrected chi connectivity index (χ4v) is 3.11. The maximum Gasteiger partial charge on any atom is 0.416 e. The monoisotopic (exact) mass is 364 g/mol. The zero-order chi connectivity index (χ0) is 15.5. The number of nitrogens with zero attached hydrogens (tertiary/aromatic N) is 1. The molecule has 0 aliphatic carbocycles. The first-order valence-electron chi connectivity index (χ1n) is 7.19. The van der Waals surface area contributed by atoms with Crippen LogP contribution in [0.2, 0.25) is 0 Å². The molecule has 1 saturated heterocycles. The van der Waals surface area contributed by atoms with Gasteiger partial charge >= 0.3 is 6.18 Å². The van der Waals surface area contributed by atoms with Gasteiger partial charge in [-0.2, -0.15) is 13.2 Å². The van der Waals surface area contributed by atoms with Crippen LogP contribution in [-0.4, -0.2) is 31.1 Å². The van der Waals surface area contributed by atoms with Crippen LogP contribution in [0.25, 0.3) is 0 Å². The molecule has 1 aliphatic heterocycles. The highest BCUT2D eigenvalue weighted by Crippen LogP contribution is 2.34. The molecule has 1 unspecified atom stereocenters. The minimum absolute atomic E-state index is 0.503. The Hall–Kier alpha value is -0.750. The van der Waals surface area contributed by atoms with E-state index in [9.17, 15) is 13.2 Å². The van der Waals surface area contributed by atoms with Gasteiger partial charge in [0.2, 0.25) is 0 Å². The second kappa shape index (κ2) is 7.01. The zero-order valence-corrected chi connectivity index (χ0v) is 13.6. The number of nitrogens with one attached hydrogen (secondary N) is 1. The Morgan fingerprint density at radius 3 is 2.76 bits per heavy atom. The van der Waals surface area contributed by atoms with Gasteiger partial charge in [-0.3, -0.25) is 0 Å². The molecular formula is C15H20BrF3N2. The average molecular weight is 365 g/mol. The Balaban J connectivity index is 1.93. The van der Waals surface area contributed by atoms with E-state index in [-0.39, 0.29) is 0 Å². The molecule has 0 amide bonds. The molecule has 21 heavy (non-hydrogen) atoms. The highest BCUT2D eigenvalue weighted by molar-refractivity contribution is 9.10. The second-order valence-corrected chi connectivity index (χ2v) is 6.39. The summed E-state index contributed by atoms with van der Waals surface area (Å²) < 4.78 is 38.8. The molecule has 6 heteroatoms. The molecule has 0 bridgehead atoms. The Labute approximate surface area is 131 Å². The summed E-state index contributed by atoms with van der Waals surface area (Å²) >= 11 is 3.29. The molecule has 2 nitrogen and oxygen atoms in total. The van der Waals surface area contributed by atoms with Gasteiger partial charge in [0, 0.05) is 22.7 Å². The molecule has 1 aromatic carbocycles. The molecule has 1 N–H and O–H groups in total. The molecule has 0 aromatic heterocycles. The van der Waals surface area contributed by atoms with Crippen molar-refractivity contribution in [1.82, 2.24) is 4.90 Å². The van der Waals surface area contributed by atoms with Gasteiger partial charge in [0.1, 0.15) is 0 Å². The summed E-state index contributed by atoms with van der Waals surface area (Å²) in [5.41, 5.74) is -0.119. The van der Waals surface area contributed by atoms with Crippen molar-refractivity contribution in [3.63, 3.8) is 0 Å². The lowest BCUT2D eigenvalue weighted by atomic mass is 10.0. The van der Waals surface area contributed by atoms with E-state index < -0.39 is 11.7 Å². The number of hydrogen-bond acceptors (Lipinski definition) is 2. The maximum atomic E-state index is 12.7. The Kier molecular flexibility index (Phi) is 5.54. The van der Waals surface area contributed by atoms with E-state index in [1.165, 1.54) is 25.3 Å². The minimum Gasteiger partial charge on any atom is -0.384 e. The largest absolute Gasteiger partial charge is 0.416 e. The van der Waals surface area contributed by atoms with Crippen LogP contribution in [0.1, 0.15) is 31.2 Å². The van der Waals surface area contributed by atoms with E-state index in [0.717, 1.165) is 25.1 Å². The summed E-state index contributed by atoms with van der Waals surface area (Å²) in [6.07, 6.45) is 0.281. The van der Waals surface area contributed by atoms with Crippen molar-refractivity contribution < 1.29 is 13.2 Å². The van der Waals surface area contributed by atoms with Crippen molar-refractivity contribution in [3.05, 3.63) is 28.2 Å². The third kappa shape index (κ3) is 4.61. The van der Waals surface area contributed by atoms with Crippen molar-refractivity contribution in [2.24, 2.45) is 0 Å². The molecule has 118 valence electrons. The van der Waals surface area contributed by atoms with E-state index in [2.05, 4.69) is 33.2 Å². The van der Waals surface area contributed by atoms with Crippen LogP contribution < -0.4 is 5.32 Å². The third-order valence-corrected chi connectivity index (χ3v) is 4.70. The summed E-state index contributed by atoms with van der Waals surface area (Å²) in [6.45, 7) is 1.78. The smallest absolute Gasteiger partial charge is 0.384 e. The summed E-state index contributed by atoms with van der Waals surface area (Å²) in [5.74, 6) is 0. The minimum atomic E-state index is -4.30. The zero-order valence-electron chi connectivity index (χ0n) is 12.0. The predicted molar refractivity (Wildman–Crippen MR) is 82.5 cm³/mol. The van der Waals surface area contributed by atoms with Crippen LogP contribution in [0.3, 0.4) is 0 Å². The van der Waals surface area contributed by atoms with Crippen LogP contribution in [0.5, 0.6) is 0 Å². The normalized spacial score (nSPS) is 20.5. The number of hydrogen-bond donors (Lipinski definition) is 1. The van der Waals surface area contributed by atoms with Crippen LogP contribution in [0.4, 0.5) is 18.9 Å². The lowest BCUT2D eigenvalue weighted by Gasteiger charge is -2.32. The number of anilines is 1. The van der Waals surface area contributed by atoms with Crippen molar-refractivity contribution in [2.75, 3.05) is 25.5 Å². The SMILES string of the molecule is CN1CCCCC1CCNc1cc(C(F)(F)F)ccc1Br. The van der Waals surface area contributed by atoms with Gasteiger partial charge in [0.25, 0.3) is 0 Å². The number of benzene rings is 1. The first-order valence-corrected chi connectivity index (χ1v) is 7.98. The van der Waals surface area contributed by atoms with E-state index in [1.807, 2.05) is 0 Å². The van der Waals surface area contributed by atoms with Crippen molar-refractivity contribution in [3.8, 4) is 0 Å². The van der Waals surface area contributed by atoms with Gasteiger partial charge in [0.15, 0.2) is 0 Å². The Morgan fingerprint density at radius 2 is 2.10 bits per heavy atom. The number of alkyl halides is 3. The highest BCUT2D eigenvalue weighted by Gasteiger charge is 2.30. The lowest BCUT2D eigenvalue weighted by Crippen LogP contribution is -2.37. The van der Waals surface area contributed by atoms with Crippen molar-refractivity contribution in [2.45, 2.75) is 37.9 Å². The van der Waals surface area contributed by atoms with Crippen molar-refractivity contribution in [1.29, 1.82) is 0 Å². The molecule has 1 atom stereocenters. The standard InChI is InChI=1S/C15H20BrF3N2/c1-21-9-3-2-4-12(21)7-8-20-14-10-11(15(17,18)19)5-6-13(14)16/h5-6,10,12,20H,2-4,7-9H2,1H3. The highest BCUT2D eigenvalue weighted by atomic mass is 79.9. The topological polar surface area (TPSA) is 15.3 Å². The molecule has 1 aliphatic rings.